The zero-order valence-electron chi connectivity index (χ0n) is 13.0. The Balaban J connectivity index is 2.97. The smallest absolute Gasteiger partial charge is 0.342 e. The lowest BCUT2D eigenvalue weighted by Crippen LogP contribution is -2.45. The number of sulfone groups is 1. The summed E-state index contributed by atoms with van der Waals surface area (Å²) in [6.45, 7) is 4.63. The lowest BCUT2D eigenvalue weighted by molar-refractivity contribution is -0.146. The fourth-order valence-corrected chi connectivity index (χ4v) is 5.56. The van der Waals surface area contributed by atoms with Crippen molar-refractivity contribution >= 4 is 21.8 Å². The van der Waals surface area contributed by atoms with Crippen LogP contribution in [0.4, 0.5) is 0 Å². The average molecular weight is 343 g/mol. The number of carboxylic acid groups (broad SMARTS) is 2. The maximum atomic E-state index is 12.4. The van der Waals surface area contributed by atoms with Gasteiger partial charge < -0.3 is 20.7 Å². The molecule has 1 heterocycles. The zero-order chi connectivity index (χ0) is 18.0. The molecular weight excluding hydrogens is 326 g/mol. The van der Waals surface area contributed by atoms with Crippen LogP contribution >= 0.6 is 0 Å². The van der Waals surface area contributed by atoms with Gasteiger partial charge in [0.25, 0.3) is 4.87 Å². The van der Waals surface area contributed by atoms with Crippen molar-refractivity contribution in [2.24, 2.45) is 5.73 Å². The van der Waals surface area contributed by atoms with Crippen molar-refractivity contribution in [1.82, 2.24) is 0 Å². The van der Waals surface area contributed by atoms with Crippen LogP contribution in [-0.4, -0.2) is 42.6 Å². The van der Waals surface area contributed by atoms with E-state index in [0.717, 1.165) is 0 Å². The zero-order valence-corrected chi connectivity index (χ0v) is 13.8. The Morgan fingerprint density at radius 3 is 2.00 bits per heavy atom. The van der Waals surface area contributed by atoms with E-state index in [0.29, 0.717) is 16.9 Å². The quantitative estimate of drug-likeness (QED) is 0.651. The van der Waals surface area contributed by atoms with Crippen LogP contribution in [0.2, 0.25) is 0 Å². The molecule has 2 rings (SSSR count). The molecule has 0 bridgehead atoms. The number of hydrogen-bond donors (Lipinski definition) is 3. The van der Waals surface area contributed by atoms with E-state index in [2.05, 4.69) is 0 Å². The van der Waals surface area contributed by atoms with Crippen molar-refractivity contribution in [2.75, 3.05) is 7.11 Å². The summed E-state index contributed by atoms with van der Waals surface area (Å²) in [5.74, 6) is -3.26. The van der Waals surface area contributed by atoms with E-state index in [1.165, 1.54) is 27.0 Å². The number of hydrogen-bond acceptors (Lipinski definition) is 6. The van der Waals surface area contributed by atoms with Crippen LogP contribution in [0.1, 0.15) is 22.3 Å². The third-order valence-corrected chi connectivity index (χ3v) is 7.18. The third-order valence-electron chi connectivity index (χ3n) is 4.55. The largest absolute Gasteiger partial charge is 0.496 e. The molecule has 4 N–H and O–H groups in total. The minimum Gasteiger partial charge on any atom is -0.496 e. The van der Waals surface area contributed by atoms with Crippen LogP contribution in [0.3, 0.4) is 0 Å². The molecule has 0 aliphatic carbocycles. The highest BCUT2D eigenvalue weighted by atomic mass is 32.2. The van der Waals surface area contributed by atoms with Gasteiger partial charge in [-0.05, 0) is 49.1 Å². The molecule has 0 amide bonds. The number of carbonyl (C=O) groups is 2. The molecule has 0 radical (unpaired) electrons. The molecule has 1 saturated heterocycles. The summed E-state index contributed by atoms with van der Waals surface area (Å²) in [5, 5.41) is 18.8. The topological polar surface area (TPSA) is 144 Å². The highest BCUT2D eigenvalue weighted by molar-refractivity contribution is 8.03. The minimum atomic E-state index is -4.65. The molecule has 0 aromatic heterocycles. The van der Waals surface area contributed by atoms with E-state index in [-0.39, 0.29) is 11.1 Å². The fourth-order valence-electron chi connectivity index (χ4n) is 3.19. The first-order valence-corrected chi connectivity index (χ1v) is 8.06. The highest BCUT2D eigenvalue weighted by Gasteiger charge is 2.93. The van der Waals surface area contributed by atoms with E-state index < -0.39 is 31.4 Å². The molecule has 9 heteroatoms. The summed E-state index contributed by atoms with van der Waals surface area (Å²) in [4.78, 5) is 20.4. The SMILES string of the molecule is COc1cc(C)c(C2(C(=O)O)[C@](N)(C(=O)O)S2(=O)=O)c(C)c1C. The number of benzene rings is 1. The fraction of sp³-hybridized carbons (Fsp3) is 0.429. The van der Waals surface area contributed by atoms with Gasteiger partial charge in [0.05, 0.1) is 7.11 Å². The van der Waals surface area contributed by atoms with Crippen molar-refractivity contribution < 1.29 is 33.0 Å². The average Bonchev–Trinajstić information content (AvgIpc) is 2.86. The molecule has 1 unspecified atom stereocenters. The monoisotopic (exact) mass is 343 g/mol. The summed E-state index contributed by atoms with van der Waals surface area (Å²) in [6.07, 6.45) is 0. The van der Waals surface area contributed by atoms with Gasteiger partial charge in [-0.15, -0.1) is 0 Å². The van der Waals surface area contributed by atoms with Crippen LogP contribution in [-0.2, 0) is 24.2 Å². The number of aryl methyl sites for hydroxylation is 1. The van der Waals surface area contributed by atoms with E-state index >= 15 is 0 Å². The van der Waals surface area contributed by atoms with Crippen LogP contribution in [0.15, 0.2) is 6.07 Å². The summed E-state index contributed by atoms with van der Waals surface area (Å²) in [6, 6.07) is 1.47. The molecule has 8 nitrogen and oxygen atoms in total. The molecule has 0 saturated carbocycles. The molecule has 0 spiro atoms. The molecule has 2 atom stereocenters. The van der Waals surface area contributed by atoms with Gasteiger partial charge in [-0.3, -0.25) is 4.79 Å². The van der Waals surface area contributed by atoms with E-state index in [9.17, 15) is 28.2 Å². The Morgan fingerprint density at radius 2 is 1.65 bits per heavy atom. The number of nitrogens with two attached hydrogens (primary N) is 1. The number of methoxy groups -OCH3 is 1. The predicted molar refractivity (Wildman–Crippen MR) is 80.0 cm³/mol. The van der Waals surface area contributed by atoms with Crippen molar-refractivity contribution in [3.8, 4) is 5.75 Å². The molecule has 1 aliphatic heterocycles. The highest BCUT2D eigenvalue weighted by Crippen LogP contribution is 2.62. The van der Waals surface area contributed by atoms with Crippen LogP contribution in [0, 0.1) is 20.8 Å². The first kappa shape index (κ1) is 17.2. The molecule has 126 valence electrons. The molecule has 1 aromatic carbocycles. The van der Waals surface area contributed by atoms with Crippen molar-refractivity contribution in [1.29, 1.82) is 0 Å². The van der Waals surface area contributed by atoms with Crippen molar-refractivity contribution in [2.45, 2.75) is 30.4 Å². The van der Waals surface area contributed by atoms with Gasteiger partial charge >= 0.3 is 11.9 Å². The van der Waals surface area contributed by atoms with Gasteiger partial charge in [0, 0.05) is 0 Å². The van der Waals surface area contributed by atoms with Gasteiger partial charge in [-0.1, -0.05) is 0 Å². The van der Waals surface area contributed by atoms with Gasteiger partial charge in [0.2, 0.25) is 14.6 Å². The summed E-state index contributed by atoms with van der Waals surface area (Å²) < 4.78 is 27.2. The second-order valence-corrected chi connectivity index (χ2v) is 7.81. The summed E-state index contributed by atoms with van der Waals surface area (Å²) in [5.41, 5.74) is 6.54. The van der Waals surface area contributed by atoms with Crippen LogP contribution < -0.4 is 10.5 Å². The van der Waals surface area contributed by atoms with Gasteiger partial charge in [-0.25, -0.2) is 13.2 Å². The predicted octanol–water partition coefficient (Wildman–Crippen LogP) is 0.0684. The van der Waals surface area contributed by atoms with Gasteiger partial charge in [0.1, 0.15) is 5.75 Å². The summed E-state index contributed by atoms with van der Waals surface area (Å²) in [7, 11) is -3.23. The van der Waals surface area contributed by atoms with E-state index in [1.54, 1.807) is 6.92 Å². The molecule has 23 heavy (non-hydrogen) atoms. The number of rotatable bonds is 4. The molecular formula is C14H17NO7S. The maximum Gasteiger partial charge on any atom is 0.342 e. The number of carboxylic acids is 2. The minimum absolute atomic E-state index is 0.117. The second kappa shape index (κ2) is 4.68. The van der Waals surface area contributed by atoms with Crippen LogP contribution in [0.5, 0.6) is 5.75 Å². The molecule has 1 aromatic rings. The van der Waals surface area contributed by atoms with Crippen LogP contribution in [0.25, 0.3) is 0 Å². The normalized spacial score (nSPS) is 28.2. The first-order chi connectivity index (χ1) is 10.4. The van der Waals surface area contributed by atoms with Gasteiger partial charge in [-0.2, -0.15) is 0 Å². The first-order valence-electron chi connectivity index (χ1n) is 6.58. The third kappa shape index (κ3) is 1.61. The van der Waals surface area contributed by atoms with Gasteiger partial charge in [0.15, 0.2) is 0 Å². The van der Waals surface area contributed by atoms with E-state index in [4.69, 9.17) is 10.5 Å². The Labute approximate surface area is 132 Å². The Morgan fingerprint density at radius 1 is 1.13 bits per heavy atom. The van der Waals surface area contributed by atoms with Crippen molar-refractivity contribution in [3.05, 3.63) is 28.3 Å². The lowest BCUT2D eigenvalue weighted by Gasteiger charge is -2.20. The molecule has 1 fully saturated rings. The van der Waals surface area contributed by atoms with E-state index in [1.807, 2.05) is 0 Å². The summed E-state index contributed by atoms with van der Waals surface area (Å²) >= 11 is 0. The maximum absolute atomic E-state index is 12.4. The molecule has 1 aliphatic rings. The standard InChI is InChI=1S/C14H17NO7S/c1-6-5-9(22-4)7(2)8(3)10(6)13(11(16)17)14(15,12(18)19)23(13,20)21/h5H,15H2,1-4H3,(H,16,17)(H,18,19)/t13?,14-/m0/s1. The Kier molecular flexibility index (Phi) is 3.51. The number of aliphatic carboxylic acids is 2. The Hall–Kier alpha value is -2.13. The van der Waals surface area contributed by atoms with Crippen molar-refractivity contribution in [3.63, 3.8) is 0 Å². The lowest BCUT2D eigenvalue weighted by atomic mass is 9.84. The second-order valence-electron chi connectivity index (χ2n) is 5.55. The number of ether oxygens (including phenoxy) is 1. The Bertz CT molecular complexity index is 845.